The number of carboxylic acids is 1. The van der Waals surface area contributed by atoms with Crippen molar-refractivity contribution in [3.05, 3.63) is 15.8 Å². The summed E-state index contributed by atoms with van der Waals surface area (Å²) in [5.41, 5.74) is 0. The Hall–Kier alpha value is -1.03. The highest BCUT2D eigenvalue weighted by atomic mass is 32.1. The van der Waals surface area contributed by atoms with E-state index in [-0.39, 0.29) is 0 Å². The van der Waals surface area contributed by atoms with Crippen molar-refractivity contribution in [1.29, 1.82) is 0 Å². The van der Waals surface area contributed by atoms with E-state index in [1.807, 2.05) is 13.0 Å². The first kappa shape index (κ1) is 15.0. The Morgan fingerprint density at radius 2 is 2.00 bits per heavy atom. The first-order chi connectivity index (χ1) is 8.69. The zero-order valence-electron chi connectivity index (χ0n) is 11.2. The van der Waals surface area contributed by atoms with Crippen LogP contribution in [0.1, 0.15) is 60.5 Å². The van der Waals surface area contributed by atoms with Gasteiger partial charge in [0.15, 0.2) is 4.88 Å². The Balaban J connectivity index is 2.41. The van der Waals surface area contributed by atoms with Crippen LogP contribution in [0.3, 0.4) is 0 Å². The minimum absolute atomic E-state index is 0.334. The minimum Gasteiger partial charge on any atom is -0.492 e. The highest BCUT2D eigenvalue weighted by molar-refractivity contribution is 7.14. The van der Waals surface area contributed by atoms with E-state index in [0.717, 1.165) is 24.1 Å². The molecule has 0 aliphatic heterocycles. The van der Waals surface area contributed by atoms with Crippen LogP contribution in [0, 0.1) is 0 Å². The molecule has 1 N–H and O–H groups in total. The van der Waals surface area contributed by atoms with E-state index in [2.05, 4.69) is 6.92 Å². The maximum Gasteiger partial charge on any atom is 0.349 e. The van der Waals surface area contributed by atoms with Gasteiger partial charge in [0.05, 0.1) is 6.61 Å². The van der Waals surface area contributed by atoms with E-state index in [4.69, 9.17) is 9.84 Å². The molecule has 18 heavy (non-hydrogen) atoms. The molecule has 0 amide bonds. The van der Waals surface area contributed by atoms with E-state index in [1.165, 1.54) is 30.6 Å². The average Bonchev–Trinajstić information content (AvgIpc) is 2.77. The van der Waals surface area contributed by atoms with Gasteiger partial charge in [-0.1, -0.05) is 39.5 Å². The van der Waals surface area contributed by atoms with Crippen LogP contribution in [0.4, 0.5) is 0 Å². The van der Waals surface area contributed by atoms with Crippen LogP contribution in [0.25, 0.3) is 0 Å². The van der Waals surface area contributed by atoms with Crippen molar-refractivity contribution in [2.24, 2.45) is 0 Å². The number of thiophene rings is 1. The molecular formula is C14H22O3S. The molecular weight excluding hydrogens is 248 g/mol. The van der Waals surface area contributed by atoms with Crippen molar-refractivity contribution >= 4 is 17.3 Å². The number of carboxylic acid groups (broad SMARTS) is 1. The Bertz CT molecular complexity index is 371. The zero-order valence-corrected chi connectivity index (χ0v) is 12.0. The minimum atomic E-state index is -0.888. The molecule has 0 saturated carbocycles. The molecule has 1 aromatic rings. The second-order valence-corrected chi connectivity index (χ2v) is 5.46. The third kappa shape index (κ3) is 4.69. The lowest BCUT2D eigenvalue weighted by atomic mass is 10.2. The fourth-order valence-electron chi connectivity index (χ4n) is 1.74. The molecule has 0 aliphatic rings. The second-order valence-electron chi connectivity index (χ2n) is 4.33. The van der Waals surface area contributed by atoms with Crippen LogP contribution >= 0.6 is 11.3 Å². The molecule has 0 unspecified atom stereocenters. The van der Waals surface area contributed by atoms with Crippen molar-refractivity contribution in [3.8, 4) is 5.75 Å². The molecule has 1 heterocycles. The smallest absolute Gasteiger partial charge is 0.349 e. The summed E-state index contributed by atoms with van der Waals surface area (Å²) in [6, 6.07) is 1.86. The van der Waals surface area contributed by atoms with Gasteiger partial charge in [-0.05, 0) is 18.9 Å². The summed E-state index contributed by atoms with van der Waals surface area (Å²) >= 11 is 1.31. The quantitative estimate of drug-likeness (QED) is 0.678. The number of ether oxygens (including phenoxy) is 1. The normalized spacial score (nSPS) is 10.6. The number of aryl methyl sites for hydroxylation is 1. The number of hydrogen-bond donors (Lipinski definition) is 1. The number of unbranched alkanes of at least 4 members (excludes halogenated alkanes) is 4. The standard InChI is InChI=1S/C14H22O3S/c1-3-5-6-7-8-9-17-12-10-11(4-2)18-13(12)14(15)16/h10H,3-9H2,1-2H3,(H,15,16). The van der Waals surface area contributed by atoms with Gasteiger partial charge in [-0.2, -0.15) is 0 Å². The predicted octanol–water partition coefficient (Wildman–Crippen LogP) is 4.36. The lowest BCUT2D eigenvalue weighted by molar-refractivity contribution is 0.0698. The fraction of sp³-hybridized carbons (Fsp3) is 0.643. The summed E-state index contributed by atoms with van der Waals surface area (Å²) < 4.78 is 5.59. The van der Waals surface area contributed by atoms with E-state index in [9.17, 15) is 4.79 Å². The topological polar surface area (TPSA) is 46.5 Å². The zero-order chi connectivity index (χ0) is 13.4. The van der Waals surface area contributed by atoms with Crippen molar-refractivity contribution in [2.45, 2.75) is 52.4 Å². The summed E-state index contributed by atoms with van der Waals surface area (Å²) in [4.78, 5) is 12.5. The Morgan fingerprint density at radius 3 is 2.61 bits per heavy atom. The first-order valence-electron chi connectivity index (χ1n) is 6.67. The number of carbonyl (C=O) groups is 1. The molecule has 3 nitrogen and oxygen atoms in total. The summed E-state index contributed by atoms with van der Waals surface area (Å²) in [6.45, 7) is 4.82. The SMILES string of the molecule is CCCCCCCOc1cc(CC)sc1C(=O)O. The van der Waals surface area contributed by atoms with Crippen molar-refractivity contribution in [1.82, 2.24) is 0 Å². The molecule has 1 rings (SSSR count). The molecule has 0 bridgehead atoms. The number of rotatable bonds is 9. The first-order valence-corrected chi connectivity index (χ1v) is 7.49. The summed E-state index contributed by atoms with van der Waals surface area (Å²) in [5, 5.41) is 9.08. The van der Waals surface area contributed by atoms with Gasteiger partial charge < -0.3 is 9.84 Å². The molecule has 0 aromatic carbocycles. The highest BCUT2D eigenvalue weighted by Crippen LogP contribution is 2.30. The van der Waals surface area contributed by atoms with E-state index < -0.39 is 5.97 Å². The molecule has 0 spiro atoms. The van der Waals surface area contributed by atoms with Crippen LogP contribution < -0.4 is 4.74 Å². The largest absolute Gasteiger partial charge is 0.492 e. The number of aromatic carboxylic acids is 1. The molecule has 0 saturated heterocycles. The van der Waals surface area contributed by atoms with Gasteiger partial charge in [-0.3, -0.25) is 0 Å². The van der Waals surface area contributed by atoms with Crippen LogP contribution in [0.2, 0.25) is 0 Å². The lowest BCUT2D eigenvalue weighted by Gasteiger charge is -2.04. The molecule has 1 aromatic heterocycles. The van der Waals surface area contributed by atoms with Crippen molar-refractivity contribution in [2.75, 3.05) is 6.61 Å². The van der Waals surface area contributed by atoms with E-state index in [1.54, 1.807) is 0 Å². The predicted molar refractivity (Wildman–Crippen MR) is 74.9 cm³/mol. The van der Waals surface area contributed by atoms with Gasteiger partial charge in [0.25, 0.3) is 0 Å². The molecule has 0 radical (unpaired) electrons. The van der Waals surface area contributed by atoms with Gasteiger partial charge in [-0.25, -0.2) is 4.79 Å². The lowest BCUT2D eigenvalue weighted by Crippen LogP contribution is -2.01. The third-order valence-corrected chi connectivity index (χ3v) is 4.05. The van der Waals surface area contributed by atoms with Crippen LogP contribution in [-0.4, -0.2) is 17.7 Å². The summed E-state index contributed by atoms with van der Waals surface area (Å²) in [7, 11) is 0. The maximum absolute atomic E-state index is 11.1. The molecule has 0 aliphatic carbocycles. The third-order valence-electron chi connectivity index (χ3n) is 2.80. The highest BCUT2D eigenvalue weighted by Gasteiger charge is 2.15. The van der Waals surface area contributed by atoms with Crippen LogP contribution in [0.15, 0.2) is 6.07 Å². The Kier molecular flexibility index (Phi) is 6.80. The van der Waals surface area contributed by atoms with Crippen LogP contribution in [-0.2, 0) is 6.42 Å². The van der Waals surface area contributed by atoms with Gasteiger partial charge in [0.2, 0.25) is 0 Å². The van der Waals surface area contributed by atoms with Crippen LogP contribution in [0.5, 0.6) is 5.75 Å². The average molecular weight is 270 g/mol. The second kappa shape index (κ2) is 8.14. The monoisotopic (exact) mass is 270 g/mol. The van der Waals surface area contributed by atoms with Gasteiger partial charge in [0.1, 0.15) is 5.75 Å². The van der Waals surface area contributed by atoms with Gasteiger partial charge >= 0.3 is 5.97 Å². The van der Waals surface area contributed by atoms with Gasteiger partial charge in [0, 0.05) is 4.88 Å². The van der Waals surface area contributed by atoms with Crippen molar-refractivity contribution in [3.63, 3.8) is 0 Å². The summed E-state index contributed by atoms with van der Waals surface area (Å²) in [6.07, 6.45) is 6.73. The summed E-state index contributed by atoms with van der Waals surface area (Å²) in [5.74, 6) is -0.347. The number of hydrogen-bond acceptors (Lipinski definition) is 3. The fourth-order valence-corrected chi connectivity index (χ4v) is 2.62. The van der Waals surface area contributed by atoms with E-state index >= 15 is 0 Å². The van der Waals surface area contributed by atoms with Gasteiger partial charge in [-0.15, -0.1) is 11.3 Å². The molecule has 0 atom stereocenters. The molecule has 4 heteroatoms. The molecule has 102 valence electrons. The van der Waals surface area contributed by atoms with Crippen molar-refractivity contribution < 1.29 is 14.6 Å². The molecule has 0 fully saturated rings. The Labute approximate surface area is 113 Å². The van der Waals surface area contributed by atoms with E-state index in [0.29, 0.717) is 17.2 Å². The maximum atomic E-state index is 11.1. The Morgan fingerprint density at radius 1 is 1.28 bits per heavy atom.